The van der Waals surface area contributed by atoms with Crippen LogP contribution in [0.1, 0.15) is 12.8 Å². The van der Waals surface area contributed by atoms with Gasteiger partial charge in [0.1, 0.15) is 16.6 Å². The highest BCUT2D eigenvalue weighted by atomic mass is 35.5. The molecule has 2 aliphatic rings. The number of rotatable bonds is 2. The van der Waals surface area contributed by atoms with E-state index in [4.69, 9.17) is 25.8 Å². The molecule has 0 amide bonds. The lowest BCUT2D eigenvalue weighted by molar-refractivity contribution is -0.169. The van der Waals surface area contributed by atoms with Crippen molar-refractivity contribution >= 4 is 17.3 Å². The van der Waals surface area contributed by atoms with E-state index >= 15 is 0 Å². The van der Waals surface area contributed by atoms with Crippen molar-refractivity contribution in [3.05, 3.63) is 23.0 Å². The lowest BCUT2D eigenvalue weighted by Gasteiger charge is -2.38. The maximum Gasteiger partial charge on any atom is 0.171 e. The molecule has 110 valence electrons. The topological polar surface area (TPSA) is 30.9 Å². The highest BCUT2D eigenvalue weighted by Crippen LogP contribution is 2.36. The quantitative estimate of drug-likeness (QED) is 0.840. The molecule has 2 fully saturated rings. The molecule has 20 heavy (non-hydrogen) atoms. The van der Waals surface area contributed by atoms with Crippen LogP contribution in [-0.4, -0.2) is 39.2 Å². The molecule has 0 bridgehead atoms. The molecule has 1 aromatic rings. The molecule has 0 unspecified atom stereocenters. The third kappa shape index (κ3) is 2.45. The Morgan fingerprint density at radius 3 is 2.50 bits per heavy atom. The highest BCUT2D eigenvalue weighted by Gasteiger charge is 2.39. The highest BCUT2D eigenvalue weighted by molar-refractivity contribution is 6.32. The number of halogens is 2. The summed E-state index contributed by atoms with van der Waals surface area (Å²) >= 11 is 5.84. The molecule has 0 aromatic heterocycles. The van der Waals surface area contributed by atoms with E-state index in [2.05, 4.69) is 4.90 Å². The van der Waals surface area contributed by atoms with Crippen LogP contribution in [-0.2, 0) is 9.47 Å². The number of hydrogen-bond acceptors (Lipinski definition) is 4. The molecule has 0 aliphatic carbocycles. The third-order valence-electron chi connectivity index (χ3n) is 3.90. The predicted octanol–water partition coefficient (Wildman–Crippen LogP) is 2.83. The van der Waals surface area contributed by atoms with Crippen LogP contribution < -0.4 is 9.64 Å². The molecule has 0 saturated carbocycles. The first-order valence-electron chi connectivity index (χ1n) is 6.69. The van der Waals surface area contributed by atoms with E-state index in [1.807, 2.05) is 0 Å². The lowest BCUT2D eigenvalue weighted by atomic mass is 10.0. The van der Waals surface area contributed by atoms with E-state index < -0.39 is 11.6 Å². The van der Waals surface area contributed by atoms with Crippen molar-refractivity contribution in [1.82, 2.24) is 0 Å². The second kappa shape index (κ2) is 5.39. The molecule has 2 heterocycles. The maximum atomic E-state index is 13.8. The van der Waals surface area contributed by atoms with Gasteiger partial charge in [0, 0.05) is 37.7 Å². The van der Waals surface area contributed by atoms with Crippen molar-refractivity contribution in [3.8, 4) is 5.75 Å². The van der Waals surface area contributed by atoms with Crippen molar-refractivity contribution in [2.75, 3.05) is 38.3 Å². The number of methoxy groups -OCH3 is 1. The van der Waals surface area contributed by atoms with Crippen molar-refractivity contribution < 1.29 is 18.6 Å². The van der Waals surface area contributed by atoms with Crippen LogP contribution in [0.5, 0.6) is 5.75 Å². The Morgan fingerprint density at radius 2 is 1.90 bits per heavy atom. The van der Waals surface area contributed by atoms with E-state index in [0.29, 0.717) is 19.0 Å². The van der Waals surface area contributed by atoms with Gasteiger partial charge in [0.15, 0.2) is 5.79 Å². The molecular weight excluding hydrogens is 285 g/mol. The summed E-state index contributed by atoms with van der Waals surface area (Å²) in [6.45, 7) is 2.82. The number of hydrogen-bond donors (Lipinski definition) is 0. The summed E-state index contributed by atoms with van der Waals surface area (Å²) in [5.41, 5.74) is 0.775. The van der Waals surface area contributed by atoms with Crippen LogP contribution in [0.4, 0.5) is 10.1 Å². The molecule has 6 heteroatoms. The van der Waals surface area contributed by atoms with Gasteiger partial charge in [0.25, 0.3) is 0 Å². The summed E-state index contributed by atoms with van der Waals surface area (Å²) in [5.74, 6) is -0.532. The van der Waals surface area contributed by atoms with Crippen LogP contribution in [0.15, 0.2) is 12.1 Å². The summed E-state index contributed by atoms with van der Waals surface area (Å²) < 4.78 is 30.3. The fraction of sp³-hybridized carbons (Fsp3) is 0.571. The van der Waals surface area contributed by atoms with Crippen molar-refractivity contribution in [1.29, 1.82) is 0 Å². The molecule has 1 aromatic carbocycles. The Balaban J connectivity index is 1.76. The van der Waals surface area contributed by atoms with Gasteiger partial charge in [0.2, 0.25) is 0 Å². The molecule has 2 saturated heterocycles. The van der Waals surface area contributed by atoms with Crippen LogP contribution in [0.2, 0.25) is 5.02 Å². The second-order valence-corrected chi connectivity index (χ2v) is 5.42. The summed E-state index contributed by atoms with van der Waals surface area (Å²) in [5, 5.41) is 0.0205. The molecule has 0 atom stereocenters. The smallest absolute Gasteiger partial charge is 0.171 e. The van der Waals surface area contributed by atoms with Gasteiger partial charge in [-0.3, -0.25) is 0 Å². The monoisotopic (exact) mass is 301 g/mol. The van der Waals surface area contributed by atoms with Crippen LogP contribution in [0.3, 0.4) is 0 Å². The van der Waals surface area contributed by atoms with Crippen LogP contribution in [0, 0.1) is 5.82 Å². The Kier molecular flexibility index (Phi) is 3.75. The zero-order chi connectivity index (χ0) is 14.2. The summed E-state index contributed by atoms with van der Waals surface area (Å²) in [4.78, 5) is 2.10. The minimum absolute atomic E-state index is 0.0205. The number of piperidine rings is 1. The zero-order valence-corrected chi connectivity index (χ0v) is 12.1. The van der Waals surface area contributed by atoms with Gasteiger partial charge in [-0.1, -0.05) is 11.6 Å². The Labute approximate surface area is 122 Å². The van der Waals surface area contributed by atoms with Gasteiger partial charge in [-0.15, -0.1) is 0 Å². The molecule has 3 rings (SSSR count). The average molecular weight is 302 g/mol. The molecular formula is C14H17ClFNO3. The van der Waals surface area contributed by atoms with Crippen molar-refractivity contribution in [3.63, 3.8) is 0 Å². The van der Waals surface area contributed by atoms with Crippen molar-refractivity contribution in [2.24, 2.45) is 0 Å². The Hall–Kier alpha value is -1.04. The zero-order valence-electron chi connectivity index (χ0n) is 11.3. The van der Waals surface area contributed by atoms with Gasteiger partial charge < -0.3 is 19.1 Å². The van der Waals surface area contributed by atoms with Gasteiger partial charge in [-0.2, -0.15) is 0 Å². The van der Waals surface area contributed by atoms with Gasteiger partial charge in [-0.25, -0.2) is 4.39 Å². The van der Waals surface area contributed by atoms with Crippen LogP contribution in [0.25, 0.3) is 0 Å². The van der Waals surface area contributed by atoms with E-state index in [0.717, 1.165) is 31.6 Å². The first-order chi connectivity index (χ1) is 9.63. The first-order valence-corrected chi connectivity index (χ1v) is 7.07. The van der Waals surface area contributed by atoms with E-state index in [1.54, 1.807) is 6.07 Å². The maximum absolute atomic E-state index is 13.8. The molecule has 1 spiro atoms. The van der Waals surface area contributed by atoms with E-state index in [-0.39, 0.29) is 5.02 Å². The molecule has 2 aliphatic heterocycles. The largest absolute Gasteiger partial charge is 0.495 e. The Bertz CT molecular complexity index is 495. The molecule has 0 radical (unpaired) electrons. The molecule has 4 nitrogen and oxygen atoms in total. The van der Waals surface area contributed by atoms with Crippen LogP contribution >= 0.6 is 11.6 Å². The molecule has 0 N–H and O–H groups in total. The number of benzene rings is 1. The number of anilines is 1. The Morgan fingerprint density at radius 1 is 1.25 bits per heavy atom. The third-order valence-corrected chi connectivity index (χ3v) is 4.27. The second-order valence-electron chi connectivity index (χ2n) is 5.04. The van der Waals surface area contributed by atoms with Gasteiger partial charge in [-0.05, 0) is 6.07 Å². The standard InChI is InChI=1S/C14H17ClFNO3/c1-18-12-9-10(8-11(16)13(12)15)17-4-2-14(3-5-17)19-6-7-20-14/h8-9H,2-7H2,1H3. The fourth-order valence-corrected chi connectivity index (χ4v) is 2.96. The van der Waals surface area contributed by atoms with Gasteiger partial charge in [0.05, 0.1) is 20.3 Å². The minimum atomic E-state index is -0.463. The summed E-state index contributed by atoms with van der Waals surface area (Å²) in [6.07, 6.45) is 1.55. The number of nitrogens with zero attached hydrogens (tertiary/aromatic N) is 1. The minimum Gasteiger partial charge on any atom is -0.495 e. The first kappa shape index (κ1) is 13.9. The fourth-order valence-electron chi connectivity index (χ4n) is 2.77. The summed E-state index contributed by atoms with van der Waals surface area (Å²) in [7, 11) is 1.48. The average Bonchev–Trinajstić information content (AvgIpc) is 2.91. The van der Waals surface area contributed by atoms with E-state index in [9.17, 15) is 4.39 Å². The van der Waals surface area contributed by atoms with E-state index in [1.165, 1.54) is 13.2 Å². The summed E-state index contributed by atoms with van der Waals surface area (Å²) in [6, 6.07) is 3.21. The number of ether oxygens (including phenoxy) is 3. The van der Waals surface area contributed by atoms with Crippen molar-refractivity contribution in [2.45, 2.75) is 18.6 Å². The SMILES string of the molecule is COc1cc(N2CCC3(CC2)OCCO3)cc(F)c1Cl. The lowest BCUT2D eigenvalue weighted by Crippen LogP contribution is -2.45. The predicted molar refractivity (Wildman–Crippen MR) is 74.0 cm³/mol. The van der Waals surface area contributed by atoms with Gasteiger partial charge >= 0.3 is 0 Å². The normalized spacial score (nSPS) is 21.4.